The zero-order chi connectivity index (χ0) is 11.8. The molecule has 1 aliphatic rings. The van der Waals surface area contributed by atoms with Crippen molar-refractivity contribution in [2.75, 3.05) is 25.7 Å². The van der Waals surface area contributed by atoms with Gasteiger partial charge in [-0.2, -0.15) is 11.8 Å². The van der Waals surface area contributed by atoms with Gasteiger partial charge in [0.1, 0.15) is 0 Å². The quantitative estimate of drug-likeness (QED) is 0.718. The van der Waals surface area contributed by atoms with E-state index in [9.17, 15) is 5.11 Å². The minimum Gasteiger partial charge on any atom is -0.395 e. The molecule has 0 spiro atoms. The average molecular weight is 247 g/mol. The second-order valence-corrected chi connectivity index (χ2v) is 5.52. The van der Waals surface area contributed by atoms with Crippen LogP contribution in [0.5, 0.6) is 0 Å². The molecule has 1 unspecified atom stereocenters. The van der Waals surface area contributed by atoms with E-state index in [0.717, 1.165) is 25.0 Å². The fourth-order valence-corrected chi connectivity index (χ4v) is 2.81. The van der Waals surface area contributed by atoms with Crippen LogP contribution in [-0.4, -0.2) is 49.0 Å². The molecule has 0 saturated heterocycles. The lowest BCUT2D eigenvalue weighted by molar-refractivity contribution is 0.0596. The summed E-state index contributed by atoms with van der Waals surface area (Å²) in [7, 11) is 1.80. The van der Waals surface area contributed by atoms with Gasteiger partial charge < -0.3 is 15.2 Å². The zero-order valence-electron chi connectivity index (χ0n) is 10.4. The third-order valence-corrected chi connectivity index (χ3v) is 4.01. The van der Waals surface area contributed by atoms with Crippen molar-refractivity contribution in [1.82, 2.24) is 5.32 Å². The summed E-state index contributed by atoms with van der Waals surface area (Å²) in [6, 6.07) is 0.849. The van der Waals surface area contributed by atoms with Gasteiger partial charge in [-0.05, 0) is 44.1 Å². The number of aliphatic hydroxyl groups excluding tert-OH is 1. The van der Waals surface area contributed by atoms with E-state index in [4.69, 9.17) is 4.74 Å². The van der Waals surface area contributed by atoms with Crippen molar-refractivity contribution < 1.29 is 9.84 Å². The van der Waals surface area contributed by atoms with Crippen LogP contribution in [0.25, 0.3) is 0 Å². The SMILES string of the molecule is COC1CCC(NC(CO)CCSC)CC1. The molecule has 1 fully saturated rings. The highest BCUT2D eigenvalue weighted by molar-refractivity contribution is 7.98. The topological polar surface area (TPSA) is 41.5 Å². The van der Waals surface area contributed by atoms with Gasteiger partial charge >= 0.3 is 0 Å². The van der Waals surface area contributed by atoms with E-state index in [0.29, 0.717) is 12.1 Å². The summed E-state index contributed by atoms with van der Waals surface area (Å²) >= 11 is 1.84. The van der Waals surface area contributed by atoms with Crippen molar-refractivity contribution in [2.45, 2.75) is 50.3 Å². The van der Waals surface area contributed by atoms with E-state index in [1.807, 2.05) is 11.8 Å². The Morgan fingerprint density at radius 2 is 2.06 bits per heavy atom. The standard InChI is InChI=1S/C12H25NO2S/c1-15-12-5-3-10(4-6-12)13-11(9-14)7-8-16-2/h10-14H,3-9H2,1-2H3. The molecule has 3 nitrogen and oxygen atoms in total. The van der Waals surface area contributed by atoms with Gasteiger partial charge in [-0.3, -0.25) is 0 Å². The van der Waals surface area contributed by atoms with Crippen LogP contribution in [0.2, 0.25) is 0 Å². The predicted octanol–water partition coefficient (Wildman–Crippen LogP) is 1.65. The van der Waals surface area contributed by atoms with Crippen LogP contribution in [0.15, 0.2) is 0 Å². The van der Waals surface area contributed by atoms with Crippen LogP contribution in [0.1, 0.15) is 32.1 Å². The van der Waals surface area contributed by atoms with E-state index in [1.165, 1.54) is 12.8 Å². The predicted molar refractivity (Wildman–Crippen MR) is 70.1 cm³/mol. The molecule has 0 amide bonds. The molecule has 1 saturated carbocycles. The van der Waals surface area contributed by atoms with Crippen LogP contribution in [0, 0.1) is 0 Å². The Hall–Kier alpha value is 0.230. The lowest BCUT2D eigenvalue weighted by Crippen LogP contribution is -2.43. The molecule has 1 rings (SSSR count). The third-order valence-electron chi connectivity index (χ3n) is 3.37. The van der Waals surface area contributed by atoms with E-state index in [-0.39, 0.29) is 12.6 Å². The third kappa shape index (κ3) is 5.04. The van der Waals surface area contributed by atoms with Crippen molar-refractivity contribution in [1.29, 1.82) is 0 Å². The maximum atomic E-state index is 9.29. The van der Waals surface area contributed by atoms with Gasteiger partial charge in [-0.15, -0.1) is 0 Å². The fraction of sp³-hybridized carbons (Fsp3) is 1.00. The van der Waals surface area contributed by atoms with E-state index < -0.39 is 0 Å². The van der Waals surface area contributed by atoms with Crippen LogP contribution in [0.3, 0.4) is 0 Å². The number of hydrogen-bond acceptors (Lipinski definition) is 4. The Balaban J connectivity index is 2.20. The number of hydrogen-bond donors (Lipinski definition) is 2. The molecule has 0 bridgehead atoms. The molecule has 0 aromatic carbocycles. The van der Waals surface area contributed by atoms with Crippen molar-refractivity contribution in [3.05, 3.63) is 0 Å². The van der Waals surface area contributed by atoms with Crippen LogP contribution in [-0.2, 0) is 4.74 Å². The van der Waals surface area contributed by atoms with Crippen molar-refractivity contribution in [3.63, 3.8) is 0 Å². The van der Waals surface area contributed by atoms with Crippen molar-refractivity contribution >= 4 is 11.8 Å². The number of methoxy groups -OCH3 is 1. The van der Waals surface area contributed by atoms with Crippen LogP contribution in [0.4, 0.5) is 0 Å². The number of rotatable bonds is 7. The molecule has 2 N–H and O–H groups in total. The minimum atomic E-state index is 0.255. The first-order valence-corrected chi connectivity index (χ1v) is 7.58. The monoisotopic (exact) mass is 247 g/mol. The lowest BCUT2D eigenvalue weighted by Gasteiger charge is -2.31. The minimum absolute atomic E-state index is 0.255. The molecule has 1 aliphatic carbocycles. The average Bonchev–Trinajstić information content (AvgIpc) is 2.35. The number of thioether (sulfide) groups is 1. The van der Waals surface area contributed by atoms with E-state index in [1.54, 1.807) is 7.11 Å². The summed E-state index contributed by atoms with van der Waals surface area (Å²) < 4.78 is 5.36. The first-order valence-electron chi connectivity index (χ1n) is 6.18. The first kappa shape index (κ1) is 14.3. The van der Waals surface area contributed by atoms with Gasteiger partial charge in [0, 0.05) is 19.2 Å². The van der Waals surface area contributed by atoms with Gasteiger partial charge in [0.15, 0.2) is 0 Å². The fourth-order valence-electron chi connectivity index (χ4n) is 2.29. The summed E-state index contributed by atoms with van der Waals surface area (Å²) in [6.45, 7) is 0.255. The smallest absolute Gasteiger partial charge is 0.0585 e. The Morgan fingerprint density at radius 3 is 2.56 bits per heavy atom. The number of ether oxygens (including phenoxy) is 1. The van der Waals surface area contributed by atoms with Gasteiger partial charge in [-0.1, -0.05) is 0 Å². The Kier molecular flexibility index (Phi) is 7.45. The number of aliphatic hydroxyl groups is 1. The van der Waals surface area contributed by atoms with E-state index >= 15 is 0 Å². The Bertz CT molecular complexity index is 172. The highest BCUT2D eigenvalue weighted by Crippen LogP contribution is 2.21. The summed E-state index contributed by atoms with van der Waals surface area (Å²) in [5.41, 5.74) is 0. The molecule has 16 heavy (non-hydrogen) atoms. The zero-order valence-corrected chi connectivity index (χ0v) is 11.3. The second-order valence-electron chi connectivity index (χ2n) is 4.54. The molecular formula is C12H25NO2S. The molecular weight excluding hydrogens is 222 g/mol. The molecule has 4 heteroatoms. The van der Waals surface area contributed by atoms with Crippen molar-refractivity contribution in [2.24, 2.45) is 0 Å². The summed E-state index contributed by atoms with van der Waals surface area (Å²) in [4.78, 5) is 0. The van der Waals surface area contributed by atoms with Gasteiger partial charge in [0.05, 0.1) is 12.7 Å². The highest BCUT2D eigenvalue weighted by atomic mass is 32.2. The summed E-state index contributed by atoms with van der Waals surface area (Å²) in [5, 5.41) is 12.9. The normalized spacial score (nSPS) is 27.9. The Labute approximate surface area is 103 Å². The molecule has 1 atom stereocenters. The highest BCUT2D eigenvalue weighted by Gasteiger charge is 2.22. The summed E-state index contributed by atoms with van der Waals surface area (Å²) in [5.74, 6) is 1.12. The maximum Gasteiger partial charge on any atom is 0.0585 e. The molecule has 96 valence electrons. The largest absolute Gasteiger partial charge is 0.395 e. The van der Waals surface area contributed by atoms with Gasteiger partial charge in [0.2, 0.25) is 0 Å². The maximum absolute atomic E-state index is 9.29. The van der Waals surface area contributed by atoms with Crippen LogP contribution >= 0.6 is 11.8 Å². The Morgan fingerprint density at radius 1 is 1.38 bits per heavy atom. The van der Waals surface area contributed by atoms with Gasteiger partial charge in [-0.25, -0.2) is 0 Å². The molecule has 0 heterocycles. The van der Waals surface area contributed by atoms with Gasteiger partial charge in [0.25, 0.3) is 0 Å². The molecule has 0 aliphatic heterocycles. The molecule has 0 radical (unpaired) electrons. The van der Waals surface area contributed by atoms with Crippen LogP contribution < -0.4 is 5.32 Å². The lowest BCUT2D eigenvalue weighted by atomic mass is 9.92. The summed E-state index contributed by atoms with van der Waals surface area (Å²) in [6.07, 6.45) is 8.27. The van der Waals surface area contributed by atoms with E-state index in [2.05, 4.69) is 11.6 Å². The number of nitrogens with one attached hydrogen (secondary N) is 1. The van der Waals surface area contributed by atoms with Crippen molar-refractivity contribution in [3.8, 4) is 0 Å². The second kappa shape index (κ2) is 8.34. The molecule has 0 aromatic heterocycles. The first-order chi connectivity index (χ1) is 7.80. The molecule has 0 aromatic rings.